The van der Waals surface area contributed by atoms with E-state index in [0.717, 1.165) is 37.0 Å². The molecule has 0 unspecified atom stereocenters. The van der Waals surface area contributed by atoms with Crippen molar-refractivity contribution in [3.8, 4) is 17.0 Å². The van der Waals surface area contributed by atoms with Crippen LogP contribution in [0, 0.1) is 0 Å². The third-order valence-corrected chi connectivity index (χ3v) is 4.73. The van der Waals surface area contributed by atoms with Crippen LogP contribution in [0.25, 0.3) is 11.3 Å². The summed E-state index contributed by atoms with van der Waals surface area (Å²) in [7, 11) is 0. The number of nitrogens with one attached hydrogen (secondary N) is 1. The molecule has 1 aromatic carbocycles. The molecule has 0 saturated heterocycles. The van der Waals surface area contributed by atoms with E-state index in [1.54, 1.807) is 13.0 Å². The van der Waals surface area contributed by atoms with Gasteiger partial charge in [-0.2, -0.15) is 5.10 Å². The molecule has 6 heteroatoms. The highest BCUT2D eigenvalue weighted by atomic mass is 16.5. The summed E-state index contributed by atoms with van der Waals surface area (Å²) in [5.74, 6) is 0.629. The minimum absolute atomic E-state index is 0.157. The first kappa shape index (κ1) is 18.2. The molecular weight excluding hydrogens is 330 g/mol. The zero-order valence-corrected chi connectivity index (χ0v) is 15.3. The smallest absolute Gasteiger partial charge is 0.267 e. The largest absolute Gasteiger partial charge is 0.494 e. The minimum atomic E-state index is -0.647. The average Bonchev–Trinajstić information content (AvgIpc) is 3.15. The summed E-state index contributed by atoms with van der Waals surface area (Å²) in [6, 6.07) is 10.2. The number of hydrogen-bond donors (Lipinski definition) is 1. The second-order valence-corrected chi connectivity index (χ2v) is 6.62. The summed E-state index contributed by atoms with van der Waals surface area (Å²) in [4.78, 5) is 24.7. The van der Waals surface area contributed by atoms with Crippen LogP contribution in [-0.4, -0.2) is 28.3 Å². The first-order chi connectivity index (χ1) is 12.6. The van der Waals surface area contributed by atoms with E-state index in [9.17, 15) is 9.59 Å². The Balaban J connectivity index is 1.80. The number of carbonyl (C=O) groups excluding carboxylic acids is 1. The van der Waals surface area contributed by atoms with Crippen molar-refractivity contribution in [2.75, 3.05) is 6.61 Å². The number of hydrogen-bond acceptors (Lipinski definition) is 4. The van der Waals surface area contributed by atoms with Crippen LogP contribution in [0.1, 0.15) is 45.6 Å². The van der Waals surface area contributed by atoms with Gasteiger partial charge in [-0.05, 0) is 57.0 Å². The number of benzene rings is 1. The molecule has 0 aliphatic heterocycles. The molecule has 2 aromatic rings. The fourth-order valence-corrected chi connectivity index (χ4v) is 3.25. The van der Waals surface area contributed by atoms with Gasteiger partial charge < -0.3 is 10.1 Å². The Labute approximate surface area is 153 Å². The highest BCUT2D eigenvalue weighted by Crippen LogP contribution is 2.21. The van der Waals surface area contributed by atoms with Crippen molar-refractivity contribution in [1.29, 1.82) is 0 Å². The van der Waals surface area contributed by atoms with E-state index in [1.165, 1.54) is 10.7 Å². The second-order valence-electron chi connectivity index (χ2n) is 6.62. The third-order valence-electron chi connectivity index (χ3n) is 4.73. The van der Waals surface area contributed by atoms with Crippen LogP contribution in [0.2, 0.25) is 0 Å². The van der Waals surface area contributed by atoms with Gasteiger partial charge in [0.15, 0.2) is 0 Å². The van der Waals surface area contributed by atoms with Crippen LogP contribution >= 0.6 is 0 Å². The van der Waals surface area contributed by atoms with Gasteiger partial charge in [-0.3, -0.25) is 9.59 Å². The lowest BCUT2D eigenvalue weighted by Gasteiger charge is -2.18. The number of nitrogens with zero attached hydrogens (tertiary/aromatic N) is 2. The van der Waals surface area contributed by atoms with Crippen molar-refractivity contribution in [3.63, 3.8) is 0 Å². The molecule has 1 N–H and O–H groups in total. The molecule has 1 saturated carbocycles. The van der Waals surface area contributed by atoms with Crippen LogP contribution < -0.4 is 15.6 Å². The Hall–Kier alpha value is -2.63. The van der Waals surface area contributed by atoms with Gasteiger partial charge in [-0.15, -0.1) is 0 Å². The molecule has 0 bridgehead atoms. The molecule has 1 fully saturated rings. The van der Waals surface area contributed by atoms with E-state index >= 15 is 0 Å². The lowest BCUT2D eigenvalue weighted by Crippen LogP contribution is -2.40. The van der Waals surface area contributed by atoms with Crippen molar-refractivity contribution < 1.29 is 9.53 Å². The van der Waals surface area contributed by atoms with Crippen molar-refractivity contribution in [1.82, 2.24) is 15.1 Å². The third kappa shape index (κ3) is 4.12. The van der Waals surface area contributed by atoms with Gasteiger partial charge in [-0.1, -0.05) is 12.8 Å². The molecule has 1 aliphatic rings. The minimum Gasteiger partial charge on any atom is -0.494 e. The molecule has 6 nitrogen and oxygen atoms in total. The monoisotopic (exact) mass is 355 g/mol. The number of ether oxygens (including phenoxy) is 1. The number of amides is 1. The zero-order valence-electron chi connectivity index (χ0n) is 15.3. The summed E-state index contributed by atoms with van der Waals surface area (Å²) < 4.78 is 6.70. The normalized spacial score (nSPS) is 15.6. The van der Waals surface area contributed by atoms with E-state index < -0.39 is 6.04 Å². The Bertz CT molecular complexity index is 808. The van der Waals surface area contributed by atoms with Crippen molar-refractivity contribution >= 4 is 5.91 Å². The fraction of sp³-hybridized carbons (Fsp3) is 0.450. The molecule has 1 amide bonds. The molecule has 1 atom stereocenters. The quantitative estimate of drug-likeness (QED) is 0.865. The fourth-order valence-electron chi connectivity index (χ4n) is 3.25. The van der Waals surface area contributed by atoms with Gasteiger partial charge >= 0.3 is 0 Å². The van der Waals surface area contributed by atoms with Crippen LogP contribution in [-0.2, 0) is 4.79 Å². The molecule has 1 aliphatic carbocycles. The zero-order chi connectivity index (χ0) is 18.5. The first-order valence-corrected chi connectivity index (χ1v) is 9.22. The van der Waals surface area contributed by atoms with Crippen LogP contribution in [0.3, 0.4) is 0 Å². The highest BCUT2D eigenvalue weighted by molar-refractivity contribution is 5.80. The van der Waals surface area contributed by atoms with Gasteiger partial charge in [0, 0.05) is 17.7 Å². The van der Waals surface area contributed by atoms with E-state index in [1.807, 2.05) is 31.2 Å². The summed E-state index contributed by atoms with van der Waals surface area (Å²) in [6.45, 7) is 4.25. The Kier molecular flexibility index (Phi) is 5.71. The predicted molar refractivity (Wildman–Crippen MR) is 100 cm³/mol. The first-order valence-electron chi connectivity index (χ1n) is 9.22. The number of aromatic nitrogens is 2. The van der Waals surface area contributed by atoms with Gasteiger partial charge in [0.05, 0.1) is 12.3 Å². The van der Waals surface area contributed by atoms with Gasteiger partial charge in [0.25, 0.3) is 5.56 Å². The summed E-state index contributed by atoms with van der Waals surface area (Å²) >= 11 is 0. The van der Waals surface area contributed by atoms with E-state index in [4.69, 9.17) is 4.74 Å². The van der Waals surface area contributed by atoms with Gasteiger partial charge in [0.2, 0.25) is 5.91 Å². The molecular formula is C20H25N3O3. The molecule has 138 valence electrons. The van der Waals surface area contributed by atoms with Gasteiger partial charge in [-0.25, -0.2) is 4.68 Å². The van der Waals surface area contributed by atoms with Gasteiger partial charge in [0.1, 0.15) is 11.8 Å². The Morgan fingerprint density at radius 1 is 1.23 bits per heavy atom. The van der Waals surface area contributed by atoms with Crippen molar-refractivity contribution in [3.05, 3.63) is 46.8 Å². The predicted octanol–water partition coefficient (Wildman–Crippen LogP) is 2.93. The van der Waals surface area contributed by atoms with Crippen molar-refractivity contribution in [2.45, 2.75) is 51.6 Å². The van der Waals surface area contributed by atoms with Crippen LogP contribution in [0.15, 0.2) is 41.2 Å². The molecule has 1 aromatic heterocycles. The van der Waals surface area contributed by atoms with E-state index in [2.05, 4.69) is 10.4 Å². The topological polar surface area (TPSA) is 73.2 Å². The van der Waals surface area contributed by atoms with E-state index in [-0.39, 0.29) is 17.5 Å². The van der Waals surface area contributed by atoms with Crippen LogP contribution in [0.4, 0.5) is 0 Å². The lowest BCUT2D eigenvalue weighted by molar-refractivity contribution is -0.124. The van der Waals surface area contributed by atoms with Crippen molar-refractivity contribution in [2.24, 2.45) is 0 Å². The number of carbonyl (C=O) groups is 1. The highest BCUT2D eigenvalue weighted by Gasteiger charge is 2.23. The molecule has 26 heavy (non-hydrogen) atoms. The Morgan fingerprint density at radius 3 is 2.58 bits per heavy atom. The maximum Gasteiger partial charge on any atom is 0.267 e. The van der Waals surface area contributed by atoms with Crippen LogP contribution in [0.5, 0.6) is 5.75 Å². The second kappa shape index (κ2) is 8.17. The van der Waals surface area contributed by atoms with E-state index in [0.29, 0.717) is 12.3 Å². The standard InChI is InChI=1S/C20H25N3O3/c1-3-26-17-10-8-15(9-11-17)18-12-13-19(24)23(22-18)14(2)20(25)21-16-6-4-5-7-16/h8-14,16H,3-7H2,1-2H3,(H,21,25)/t14-/m0/s1. The molecule has 1 heterocycles. The number of rotatable bonds is 6. The molecule has 3 rings (SSSR count). The SMILES string of the molecule is CCOc1ccc(-c2ccc(=O)n([C@@H](C)C(=O)NC3CCCC3)n2)cc1. The summed E-state index contributed by atoms with van der Waals surface area (Å²) in [5.41, 5.74) is 1.23. The molecule has 0 radical (unpaired) electrons. The maximum absolute atomic E-state index is 12.5. The Morgan fingerprint density at radius 2 is 1.92 bits per heavy atom. The molecule has 0 spiro atoms. The summed E-state index contributed by atoms with van der Waals surface area (Å²) in [5, 5.41) is 7.45. The summed E-state index contributed by atoms with van der Waals surface area (Å²) in [6.07, 6.45) is 4.30. The average molecular weight is 355 g/mol. The lowest BCUT2D eigenvalue weighted by atomic mass is 10.1. The maximum atomic E-state index is 12.5.